The number of sulfone groups is 1. The summed E-state index contributed by atoms with van der Waals surface area (Å²) < 4.78 is 27.2. The van der Waals surface area contributed by atoms with Gasteiger partial charge in [0.25, 0.3) is 0 Å². The fraction of sp³-hybridized carbons (Fsp3) is 0.357. The molecule has 0 heterocycles. The van der Waals surface area contributed by atoms with Gasteiger partial charge in [0.2, 0.25) is 0 Å². The van der Waals surface area contributed by atoms with Gasteiger partial charge in [-0.1, -0.05) is 18.2 Å². The van der Waals surface area contributed by atoms with Crippen molar-refractivity contribution in [1.29, 1.82) is 0 Å². The Balaban J connectivity index is 2.49. The number of nitrogens with one attached hydrogen (secondary N) is 1. The first-order valence-corrected chi connectivity index (χ1v) is 7.98. The van der Waals surface area contributed by atoms with Gasteiger partial charge in [-0.15, -0.1) is 0 Å². The van der Waals surface area contributed by atoms with Gasteiger partial charge in [-0.2, -0.15) is 0 Å². The van der Waals surface area contributed by atoms with E-state index in [1.807, 2.05) is 0 Å². The number of rotatable bonds is 6. The average Bonchev–Trinajstić information content (AvgIpc) is 2.42. The van der Waals surface area contributed by atoms with Crippen molar-refractivity contribution in [3.05, 3.63) is 41.5 Å². The Bertz CT molecular complexity index is 588. The summed E-state index contributed by atoms with van der Waals surface area (Å²) in [4.78, 5) is 11.4. The van der Waals surface area contributed by atoms with Crippen LogP contribution in [0.25, 0.3) is 0 Å². The Morgan fingerprint density at radius 3 is 2.40 bits per heavy atom. The Labute approximate surface area is 119 Å². The van der Waals surface area contributed by atoms with Crippen molar-refractivity contribution in [2.24, 2.45) is 0 Å². The molecule has 0 aliphatic rings. The summed E-state index contributed by atoms with van der Waals surface area (Å²) in [7, 11) is -1.81. The third-order valence-electron chi connectivity index (χ3n) is 2.74. The van der Waals surface area contributed by atoms with E-state index in [1.165, 1.54) is 13.4 Å². The van der Waals surface area contributed by atoms with Crippen LogP contribution >= 0.6 is 0 Å². The maximum Gasteiger partial charge on any atom is 0.333 e. The summed E-state index contributed by atoms with van der Waals surface area (Å²) in [5, 5.41) is 3.14. The molecule has 1 aromatic carbocycles. The van der Waals surface area contributed by atoms with Crippen LogP contribution in [0.5, 0.6) is 0 Å². The zero-order chi connectivity index (χ0) is 15.2. The summed E-state index contributed by atoms with van der Waals surface area (Å²) in [6.07, 6.45) is 2.93. The highest BCUT2D eigenvalue weighted by atomic mass is 32.2. The van der Waals surface area contributed by atoms with Crippen LogP contribution in [0, 0.1) is 0 Å². The molecule has 0 aromatic heterocycles. The van der Waals surface area contributed by atoms with E-state index in [4.69, 9.17) is 0 Å². The van der Waals surface area contributed by atoms with Crippen molar-refractivity contribution in [1.82, 2.24) is 5.32 Å². The molecule has 5 nitrogen and oxygen atoms in total. The molecule has 0 unspecified atom stereocenters. The summed E-state index contributed by atoms with van der Waals surface area (Å²) in [5.74, 6) is -0.343. The molecule has 1 N–H and O–H groups in total. The van der Waals surface area contributed by atoms with E-state index in [1.54, 1.807) is 37.3 Å². The molecule has 0 saturated heterocycles. The third-order valence-corrected chi connectivity index (χ3v) is 3.87. The van der Waals surface area contributed by atoms with Crippen LogP contribution < -0.4 is 5.32 Å². The fourth-order valence-corrected chi connectivity index (χ4v) is 2.17. The highest BCUT2D eigenvalue weighted by Gasteiger charge is 2.05. The van der Waals surface area contributed by atoms with E-state index in [2.05, 4.69) is 10.1 Å². The molecule has 0 radical (unpaired) electrons. The first kappa shape index (κ1) is 16.4. The molecule has 1 aromatic rings. The summed E-state index contributed by atoms with van der Waals surface area (Å²) in [6, 6.07) is 6.70. The lowest BCUT2D eigenvalue weighted by molar-refractivity contribution is -0.136. The second kappa shape index (κ2) is 7.21. The largest absolute Gasteiger partial charge is 0.466 e. The number of benzene rings is 1. The smallest absolute Gasteiger partial charge is 0.333 e. The van der Waals surface area contributed by atoms with E-state index in [0.717, 1.165) is 5.56 Å². The van der Waals surface area contributed by atoms with E-state index < -0.39 is 9.84 Å². The minimum Gasteiger partial charge on any atom is -0.466 e. The van der Waals surface area contributed by atoms with Crippen LogP contribution in [0.4, 0.5) is 0 Å². The van der Waals surface area contributed by atoms with Gasteiger partial charge >= 0.3 is 5.97 Å². The molecule has 6 heteroatoms. The first-order chi connectivity index (χ1) is 9.34. The summed E-state index contributed by atoms with van der Waals surface area (Å²) in [5.41, 5.74) is 1.52. The van der Waals surface area contributed by atoms with Crippen molar-refractivity contribution in [2.45, 2.75) is 18.4 Å². The number of esters is 1. The molecular formula is C14H19NO4S. The summed E-state index contributed by atoms with van der Waals surface area (Å²) in [6.45, 7) is 2.82. The predicted octanol–water partition coefficient (Wildman–Crippen LogP) is 1.30. The maximum atomic E-state index is 11.3. The van der Waals surface area contributed by atoms with Crippen LogP contribution in [-0.4, -0.2) is 34.3 Å². The topological polar surface area (TPSA) is 72.5 Å². The lowest BCUT2D eigenvalue weighted by atomic mass is 10.2. The average molecular weight is 297 g/mol. The molecule has 0 atom stereocenters. The number of hydrogen-bond donors (Lipinski definition) is 1. The van der Waals surface area contributed by atoms with Crippen molar-refractivity contribution in [3.63, 3.8) is 0 Å². The normalized spacial score (nSPS) is 12.2. The number of carbonyl (C=O) groups excluding carboxylic acids is 1. The molecule has 0 amide bonds. The lowest BCUT2D eigenvalue weighted by Crippen LogP contribution is -2.14. The molecule has 0 aliphatic carbocycles. The van der Waals surface area contributed by atoms with Gasteiger partial charge in [-0.25, -0.2) is 13.2 Å². The SMILES string of the molecule is COC(=O)/C(C)=C/CNCc1ccc(S(C)(=O)=O)cc1. The molecular weight excluding hydrogens is 278 g/mol. The Morgan fingerprint density at radius 2 is 1.90 bits per heavy atom. The van der Waals surface area contributed by atoms with E-state index >= 15 is 0 Å². The van der Waals surface area contributed by atoms with Gasteiger partial charge in [0, 0.05) is 24.9 Å². The maximum absolute atomic E-state index is 11.3. The molecule has 0 aliphatic heterocycles. The lowest BCUT2D eigenvalue weighted by Gasteiger charge is -2.04. The zero-order valence-electron chi connectivity index (χ0n) is 11.8. The Hall–Kier alpha value is -1.66. The van der Waals surface area contributed by atoms with Gasteiger partial charge in [0.1, 0.15) is 0 Å². The molecule has 110 valence electrons. The number of carbonyl (C=O) groups is 1. The molecule has 0 fully saturated rings. The van der Waals surface area contributed by atoms with Crippen molar-refractivity contribution in [2.75, 3.05) is 19.9 Å². The van der Waals surface area contributed by atoms with E-state index in [9.17, 15) is 13.2 Å². The minimum absolute atomic E-state index is 0.308. The summed E-state index contributed by atoms with van der Waals surface area (Å²) >= 11 is 0. The van der Waals surface area contributed by atoms with Gasteiger partial charge in [0.05, 0.1) is 12.0 Å². The predicted molar refractivity (Wildman–Crippen MR) is 77.0 cm³/mol. The highest BCUT2D eigenvalue weighted by Crippen LogP contribution is 2.10. The fourth-order valence-electron chi connectivity index (χ4n) is 1.54. The molecule has 0 spiro atoms. The molecule has 0 saturated carbocycles. The number of ether oxygens (including phenoxy) is 1. The molecule has 0 bridgehead atoms. The van der Waals surface area contributed by atoms with Gasteiger partial charge in [-0.05, 0) is 24.6 Å². The Morgan fingerprint density at radius 1 is 1.30 bits per heavy atom. The Kier molecular flexibility index (Phi) is 5.91. The second-order valence-corrected chi connectivity index (χ2v) is 6.44. The second-order valence-electron chi connectivity index (χ2n) is 4.43. The van der Waals surface area contributed by atoms with E-state index in [-0.39, 0.29) is 5.97 Å². The van der Waals surface area contributed by atoms with Crippen molar-refractivity contribution < 1.29 is 17.9 Å². The quantitative estimate of drug-likeness (QED) is 0.487. The number of methoxy groups -OCH3 is 1. The van der Waals surface area contributed by atoms with Crippen LogP contribution in [0.3, 0.4) is 0 Å². The van der Waals surface area contributed by atoms with Crippen LogP contribution in [0.1, 0.15) is 12.5 Å². The number of hydrogen-bond acceptors (Lipinski definition) is 5. The van der Waals surface area contributed by atoms with Gasteiger partial charge in [0.15, 0.2) is 9.84 Å². The zero-order valence-corrected chi connectivity index (χ0v) is 12.7. The monoisotopic (exact) mass is 297 g/mol. The van der Waals surface area contributed by atoms with Crippen molar-refractivity contribution >= 4 is 15.8 Å². The van der Waals surface area contributed by atoms with Crippen LogP contribution in [-0.2, 0) is 25.9 Å². The van der Waals surface area contributed by atoms with Gasteiger partial charge < -0.3 is 10.1 Å². The van der Waals surface area contributed by atoms with Crippen LogP contribution in [0.15, 0.2) is 40.8 Å². The van der Waals surface area contributed by atoms with Crippen LogP contribution in [0.2, 0.25) is 0 Å². The highest BCUT2D eigenvalue weighted by molar-refractivity contribution is 7.90. The first-order valence-electron chi connectivity index (χ1n) is 6.09. The molecule has 20 heavy (non-hydrogen) atoms. The van der Waals surface area contributed by atoms with Crippen molar-refractivity contribution in [3.8, 4) is 0 Å². The van der Waals surface area contributed by atoms with Gasteiger partial charge in [-0.3, -0.25) is 0 Å². The van der Waals surface area contributed by atoms with E-state index in [0.29, 0.717) is 23.6 Å². The third kappa shape index (κ3) is 5.14. The standard InChI is InChI=1S/C14H19NO4S/c1-11(14(16)19-2)8-9-15-10-12-4-6-13(7-5-12)20(3,17)18/h4-8,15H,9-10H2,1-3H3/b11-8+. The molecule has 1 rings (SSSR count). The minimum atomic E-state index is -3.15.